The zero-order chi connectivity index (χ0) is 25.3. The SMILES string of the molecule is CCCOc1ccc(-c2nn(-c3ccccc3)cc2/C=N\NC(=O)[C@H](C)Oc2ccc(Br)cc2)cc1. The number of hydrazone groups is 1. The Labute approximate surface area is 218 Å². The molecule has 4 rings (SSSR count). The van der Waals surface area contributed by atoms with Gasteiger partial charge in [0.1, 0.15) is 17.2 Å². The van der Waals surface area contributed by atoms with Gasteiger partial charge in [0.2, 0.25) is 0 Å². The first kappa shape index (κ1) is 25.2. The van der Waals surface area contributed by atoms with Crippen molar-refractivity contribution in [3.63, 3.8) is 0 Å². The van der Waals surface area contributed by atoms with Crippen LogP contribution in [-0.4, -0.2) is 34.6 Å². The van der Waals surface area contributed by atoms with Crippen molar-refractivity contribution in [1.82, 2.24) is 15.2 Å². The molecule has 36 heavy (non-hydrogen) atoms. The monoisotopic (exact) mass is 546 g/mol. The molecule has 1 atom stereocenters. The third-order valence-electron chi connectivity index (χ3n) is 5.24. The van der Waals surface area contributed by atoms with Crippen LogP contribution in [0.25, 0.3) is 16.9 Å². The lowest BCUT2D eigenvalue weighted by molar-refractivity contribution is -0.127. The molecule has 1 amide bonds. The molecular formula is C28H27BrN4O3. The van der Waals surface area contributed by atoms with Gasteiger partial charge in [-0.25, -0.2) is 10.1 Å². The number of benzene rings is 3. The van der Waals surface area contributed by atoms with E-state index in [4.69, 9.17) is 14.6 Å². The smallest absolute Gasteiger partial charge is 0.280 e. The number of para-hydroxylation sites is 1. The number of aromatic nitrogens is 2. The van der Waals surface area contributed by atoms with Crippen molar-refractivity contribution in [2.45, 2.75) is 26.4 Å². The van der Waals surface area contributed by atoms with Crippen LogP contribution in [0.5, 0.6) is 11.5 Å². The van der Waals surface area contributed by atoms with Crippen molar-refractivity contribution < 1.29 is 14.3 Å². The maximum atomic E-state index is 12.5. The fraction of sp³-hybridized carbons (Fsp3) is 0.179. The van der Waals surface area contributed by atoms with Crippen molar-refractivity contribution in [1.29, 1.82) is 0 Å². The Morgan fingerprint density at radius 3 is 2.44 bits per heavy atom. The summed E-state index contributed by atoms with van der Waals surface area (Å²) < 4.78 is 14.1. The summed E-state index contributed by atoms with van der Waals surface area (Å²) in [6.07, 6.45) is 3.70. The van der Waals surface area contributed by atoms with Gasteiger partial charge in [-0.1, -0.05) is 41.1 Å². The van der Waals surface area contributed by atoms with Crippen molar-refractivity contribution in [2.75, 3.05) is 6.61 Å². The highest BCUT2D eigenvalue weighted by atomic mass is 79.9. The summed E-state index contributed by atoms with van der Waals surface area (Å²) in [6, 6.07) is 24.9. The molecule has 0 aliphatic rings. The van der Waals surface area contributed by atoms with Gasteiger partial charge in [0, 0.05) is 21.8 Å². The van der Waals surface area contributed by atoms with E-state index in [2.05, 4.69) is 33.4 Å². The molecule has 184 valence electrons. The molecule has 8 heteroatoms. The van der Waals surface area contributed by atoms with Crippen molar-refractivity contribution in [2.24, 2.45) is 5.10 Å². The highest BCUT2D eigenvalue weighted by Gasteiger charge is 2.15. The second-order valence-corrected chi connectivity index (χ2v) is 8.95. The van der Waals surface area contributed by atoms with Crippen LogP contribution in [0, 0.1) is 0 Å². The summed E-state index contributed by atoms with van der Waals surface area (Å²) in [5, 5.41) is 8.96. The van der Waals surface area contributed by atoms with Gasteiger partial charge in [0.05, 0.1) is 18.5 Å². The number of nitrogens with zero attached hydrogens (tertiary/aromatic N) is 3. The molecule has 0 fully saturated rings. The number of nitrogens with one attached hydrogen (secondary N) is 1. The van der Waals surface area contributed by atoms with Gasteiger partial charge in [-0.2, -0.15) is 10.2 Å². The molecule has 0 aliphatic heterocycles. The van der Waals surface area contributed by atoms with Gasteiger partial charge in [0.25, 0.3) is 5.91 Å². The van der Waals surface area contributed by atoms with Gasteiger partial charge in [-0.15, -0.1) is 0 Å². The molecule has 1 heterocycles. The second kappa shape index (κ2) is 12.2. The maximum absolute atomic E-state index is 12.5. The number of amides is 1. The number of hydrogen-bond acceptors (Lipinski definition) is 5. The van der Waals surface area contributed by atoms with Crippen LogP contribution in [0.2, 0.25) is 0 Å². The summed E-state index contributed by atoms with van der Waals surface area (Å²) in [4.78, 5) is 12.5. The molecule has 0 radical (unpaired) electrons. The number of carbonyl (C=O) groups excluding carboxylic acids is 1. The fourth-order valence-corrected chi connectivity index (χ4v) is 3.64. The van der Waals surface area contributed by atoms with Gasteiger partial charge in [-0.05, 0) is 74.0 Å². The Morgan fingerprint density at radius 1 is 1.06 bits per heavy atom. The predicted molar refractivity (Wildman–Crippen MR) is 145 cm³/mol. The summed E-state index contributed by atoms with van der Waals surface area (Å²) in [6.45, 7) is 4.42. The van der Waals surface area contributed by atoms with Crippen LogP contribution in [-0.2, 0) is 4.79 Å². The maximum Gasteiger partial charge on any atom is 0.280 e. The lowest BCUT2D eigenvalue weighted by Crippen LogP contribution is -2.33. The van der Waals surface area contributed by atoms with Crippen LogP contribution >= 0.6 is 15.9 Å². The number of rotatable bonds is 10. The van der Waals surface area contributed by atoms with Crippen LogP contribution < -0.4 is 14.9 Å². The molecule has 3 aromatic carbocycles. The van der Waals surface area contributed by atoms with E-state index in [1.165, 1.54) is 0 Å². The third-order valence-corrected chi connectivity index (χ3v) is 5.77. The minimum atomic E-state index is -0.717. The first-order valence-electron chi connectivity index (χ1n) is 11.7. The Kier molecular flexibility index (Phi) is 8.52. The van der Waals surface area contributed by atoms with E-state index in [9.17, 15) is 4.79 Å². The Morgan fingerprint density at radius 2 is 1.75 bits per heavy atom. The molecule has 1 N–H and O–H groups in total. The summed E-state index contributed by atoms with van der Waals surface area (Å²) in [5.41, 5.74) is 5.88. The highest BCUT2D eigenvalue weighted by molar-refractivity contribution is 9.10. The fourth-order valence-electron chi connectivity index (χ4n) is 3.38. The van der Waals surface area contributed by atoms with Crippen molar-refractivity contribution >= 4 is 28.1 Å². The van der Waals surface area contributed by atoms with Crippen LogP contribution in [0.1, 0.15) is 25.8 Å². The summed E-state index contributed by atoms with van der Waals surface area (Å²) in [5.74, 6) is 1.05. The number of carbonyl (C=O) groups is 1. The average Bonchev–Trinajstić information content (AvgIpc) is 3.33. The van der Waals surface area contributed by atoms with Crippen molar-refractivity contribution in [3.05, 3.63) is 95.1 Å². The zero-order valence-corrected chi connectivity index (χ0v) is 21.7. The largest absolute Gasteiger partial charge is 0.494 e. The summed E-state index contributed by atoms with van der Waals surface area (Å²) in [7, 11) is 0. The van der Waals surface area contributed by atoms with Crippen LogP contribution in [0.15, 0.2) is 94.6 Å². The molecule has 0 spiro atoms. The Bertz CT molecular complexity index is 1300. The molecule has 0 aliphatic carbocycles. The van der Waals surface area contributed by atoms with Gasteiger partial charge in [-0.3, -0.25) is 4.79 Å². The molecule has 4 aromatic rings. The lowest BCUT2D eigenvalue weighted by Gasteiger charge is -2.12. The molecular weight excluding hydrogens is 520 g/mol. The number of hydrogen-bond donors (Lipinski definition) is 1. The predicted octanol–water partition coefficient (Wildman–Crippen LogP) is 6.01. The normalized spacial score (nSPS) is 11.9. The van der Waals surface area contributed by atoms with E-state index in [1.807, 2.05) is 72.9 Å². The van der Waals surface area contributed by atoms with E-state index in [0.717, 1.165) is 39.2 Å². The van der Waals surface area contributed by atoms with Crippen molar-refractivity contribution in [3.8, 4) is 28.4 Å². The van der Waals surface area contributed by atoms with E-state index >= 15 is 0 Å². The van der Waals surface area contributed by atoms with E-state index in [-0.39, 0.29) is 5.91 Å². The number of halogens is 1. The molecule has 0 unspecified atom stereocenters. The highest BCUT2D eigenvalue weighted by Crippen LogP contribution is 2.25. The summed E-state index contributed by atoms with van der Waals surface area (Å²) >= 11 is 3.38. The lowest BCUT2D eigenvalue weighted by atomic mass is 10.1. The molecule has 7 nitrogen and oxygen atoms in total. The standard InChI is InChI=1S/C28H27BrN4O3/c1-3-17-35-25-13-9-21(10-14-25)27-22(19-33(32-27)24-7-5-4-6-8-24)18-30-31-28(34)20(2)36-26-15-11-23(29)12-16-26/h4-16,18-20H,3,17H2,1-2H3,(H,31,34)/b30-18-/t20-/m0/s1. The second-order valence-electron chi connectivity index (χ2n) is 8.03. The minimum absolute atomic E-state index is 0.358. The van der Waals surface area contributed by atoms with Crippen LogP contribution in [0.3, 0.4) is 0 Å². The topological polar surface area (TPSA) is 77.7 Å². The van der Waals surface area contributed by atoms with Crippen LogP contribution in [0.4, 0.5) is 0 Å². The third kappa shape index (κ3) is 6.60. The van der Waals surface area contributed by atoms with E-state index in [0.29, 0.717) is 12.4 Å². The molecule has 0 saturated carbocycles. The molecule has 0 bridgehead atoms. The molecule has 0 saturated heterocycles. The average molecular weight is 547 g/mol. The first-order valence-corrected chi connectivity index (χ1v) is 12.5. The van der Waals surface area contributed by atoms with Gasteiger partial charge in [0.15, 0.2) is 6.10 Å². The minimum Gasteiger partial charge on any atom is -0.494 e. The van der Waals surface area contributed by atoms with E-state index in [1.54, 1.807) is 30.0 Å². The van der Waals surface area contributed by atoms with Gasteiger partial charge >= 0.3 is 0 Å². The Balaban J connectivity index is 1.51. The quantitative estimate of drug-likeness (QED) is 0.195. The first-order chi connectivity index (χ1) is 17.5. The molecule has 1 aromatic heterocycles. The Hall–Kier alpha value is -3.91. The van der Waals surface area contributed by atoms with Gasteiger partial charge < -0.3 is 9.47 Å². The number of ether oxygens (including phenoxy) is 2. The van der Waals surface area contributed by atoms with E-state index < -0.39 is 6.10 Å². The zero-order valence-electron chi connectivity index (χ0n) is 20.1.